The van der Waals surface area contributed by atoms with Crippen molar-refractivity contribution in [3.8, 4) is 0 Å². The van der Waals surface area contributed by atoms with Crippen molar-refractivity contribution in [1.29, 1.82) is 0 Å². The SMILES string of the molecule is C[C@@H](C(=O)NC1CCCCC1)N1CCN(S(=O)(=O)c2ccc(Br)cc2)CC1. The molecule has 1 atom stereocenters. The van der Waals surface area contributed by atoms with Crippen molar-refractivity contribution in [3.05, 3.63) is 28.7 Å². The molecule has 0 aromatic heterocycles. The Labute approximate surface area is 170 Å². The van der Waals surface area contributed by atoms with Crippen molar-refractivity contribution in [1.82, 2.24) is 14.5 Å². The van der Waals surface area contributed by atoms with E-state index in [1.165, 1.54) is 23.6 Å². The van der Waals surface area contributed by atoms with Crippen molar-refractivity contribution in [3.63, 3.8) is 0 Å². The minimum atomic E-state index is -3.49. The molecule has 1 amide bonds. The fraction of sp³-hybridized carbons (Fsp3) is 0.632. The molecule has 1 aliphatic heterocycles. The van der Waals surface area contributed by atoms with E-state index in [9.17, 15) is 13.2 Å². The first-order valence-corrected chi connectivity index (χ1v) is 11.9. The van der Waals surface area contributed by atoms with Crippen molar-refractivity contribution >= 4 is 31.9 Å². The summed E-state index contributed by atoms with van der Waals surface area (Å²) in [6, 6.07) is 6.77. The van der Waals surface area contributed by atoms with Crippen molar-refractivity contribution < 1.29 is 13.2 Å². The maximum Gasteiger partial charge on any atom is 0.243 e. The van der Waals surface area contributed by atoms with Gasteiger partial charge < -0.3 is 5.32 Å². The number of hydrogen-bond acceptors (Lipinski definition) is 4. The minimum Gasteiger partial charge on any atom is -0.352 e. The van der Waals surface area contributed by atoms with E-state index in [0.29, 0.717) is 37.1 Å². The highest BCUT2D eigenvalue weighted by molar-refractivity contribution is 9.10. The molecular formula is C19H28BrN3O3S. The van der Waals surface area contributed by atoms with E-state index >= 15 is 0 Å². The summed E-state index contributed by atoms with van der Waals surface area (Å²) in [6.45, 7) is 3.85. The number of halogens is 1. The van der Waals surface area contributed by atoms with Gasteiger partial charge in [-0.2, -0.15) is 4.31 Å². The molecule has 0 bridgehead atoms. The number of benzene rings is 1. The molecule has 8 heteroatoms. The molecule has 1 aromatic carbocycles. The summed E-state index contributed by atoms with van der Waals surface area (Å²) in [5.74, 6) is 0.0612. The Bertz CT molecular complexity index is 740. The van der Waals surface area contributed by atoms with Gasteiger partial charge in [-0.05, 0) is 44.0 Å². The smallest absolute Gasteiger partial charge is 0.243 e. The van der Waals surface area contributed by atoms with Crippen LogP contribution in [0.15, 0.2) is 33.6 Å². The molecule has 1 aliphatic carbocycles. The lowest BCUT2D eigenvalue weighted by Crippen LogP contribution is -2.55. The van der Waals surface area contributed by atoms with E-state index in [2.05, 4.69) is 26.1 Å². The molecule has 2 aliphatic rings. The summed E-state index contributed by atoms with van der Waals surface area (Å²) in [6.07, 6.45) is 5.77. The second-order valence-corrected chi connectivity index (χ2v) is 10.3. The average Bonchev–Trinajstić information content (AvgIpc) is 2.68. The zero-order valence-corrected chi connectivity index (χ0v) is 18.1. The highest BCUT2D eigenvalue weighted by Crippen LogP contribution is 2.21. The zero-order valence-electron chi connectivity index (χ0n) is 15.7. The molecule has 0 unspecified atom stereocenters. The van der Waals surface area contributed by atoms with E-state index in [0.717, 1.165) is 17.3 Å². The topological polar surface area (TPSA) is 69.7 Å². The van der Waals surface area contributed by atoms with Crippen LogP contribution in [0.3, 0.4) is 0 Å². The quantitative estimate of drug-likeness (QED) is 0.737. The first-order valence-electron chi connectivity index (χ1n) is 9.68. The third kappa shape index (κ3) is 5.10. The normalized spacial score (nSPS) is 21.7. The van der Waals surface area contributed by atoms with Crippen LogP contribution in [0.4, 0.5) is 0 Å². The highest BCUT2D eigenvalue weighted by atomic mass is 79.9. The van der Waals surface area contributed by atoms with Crippen LogP contribution < -0.4 is 5.32 Å². The van der Waals surface area contributed by atoms with E-state index in [1.54, 1.807) is 24.3 Å². The number of carbonyl (C=O) groups is 1. The maximum absolute atomic E-state index is 12.8. The number of amides is 1. The van der Waals surface area contributed by atoms with E-state index in [-0.39, 0.29) is 11.9 Å². The summed E-state index contributed by atoms with van der Waals surface area (Å²) in [7, 11) is -3.49. The number of nitrogens with zero attached hydrogens (tertiary/aromatic N) is 2. The summed E-state index contributed by atoms with van der Waals surface area (Å²) >= 11 is 3.33. The lowest BCUT2D eigenvalue weighted by atomic mass is 9.95. The Kier molecular flexibility index (Phi) is 6.94. The van der Waals surface area contributed by atoms with Gasteiger partial charge in [-0.25, -0.2) is 8.42 Å². The Morgan fingerprint density at radius 1 is 1.07 bits per heavy atom. The van der Waals surface area contributed by atoms with Crippen LogP contribution in [0.25, 0.3) is 0 Å². The van der Waals surface area contributed by atoms with Gasteiger partial charge in [0.25, 0.3) is 0 Å². The third-order valence-electron chi connectivity index (χ3n) is 5.60. The molecule has 1 saturated heterocycles. The molecule has 3 rings (SSSR count). The largest absolute Gasteiger partial charge is 0.352 e. The average molecular weight is 458 g/mol. The minimum absolute atomic E-state index is 0.0612. The second kappa shape index (κ2) is 9.03. The fourth-order valence-corrected chi connectivity index (χ4v) is 5.51. The van der Waals surface area contributed by atoms with Gasteiger partial charge in [0.15, 0.2) is 0 Å². The molecule has 1 N–H and O–H groups in total. The lowest BCUT2D eigenvalue weighted by Gasteiger charge is -2.37. The molecule has 0 spiro atoms. The predicted octanol–water partition coefficient (Wildman–Crippen LogP) is 2.59. The third-order valence-corrected chi connectivity index (χ3v) is 8.04. The van der Waals surface area contributed by atoms with Gasteiger partial charge in [0.05, 0.1) is 10.9 Å². The first kappa shape index (κ1) is 20.8. The molecule has 1 heterocycles. The standard InChI is InChI=1S/C19H28BrN3O3S/c1-15(19(24)21-17-5-3-2-4-6-17)22-11-13-23(14-12-22)27(25,26)18-9-7-16(20)8-10-18/h7-10,15,17H,2-6,11-14H2,1H3,(H,21,24)/t15-/m0/s1. The van der Waals surface area contributed by atoms with Crippen LogP contribution in [0.1, 0.15) is 39.0 Å². The molecule has 1 saturated carbocycles. The highest BCUT2D eigenvalue weighted by Gasteiger charge is 2.32. The van der Waals surface area contributed by atoms with E-state index < -0.39 is 10.0 Å². The Morgan fingerprint density at radius 2 is 1.67 bits per heavy atom. The number of carbonyl (C=O) groups excluding carboxylic acids is 1. The van der Waals surface area contributed by atoms with Crippen molar-refractivity contribution in [2.45, 2.75) is 56.0 Å². The number of hydrogen-bond donors (Lipinski definition) is 1. The van der Waals surface area contributed by atoms with Gasteiger partial charge in [0.2, 0.25) is 15.9 Å². The van der Waals surface area contributed by atoms with Crippen LogP contribution in [0.2, 0.25) is 0 Å². The number of nitrogens with one attached hydrogen (secondary N) is 1. The lowest BCUT2D eigenvalue weighted by molar-refractivity contribution is -0.127. The molecular weight excluding hydrogens is 430 g/mol. The van der Waals surface area contributed by atoms with Crippen LogP contribution in [-0.2, 0) is 14.8 Å². The Morgan fingerprint density at radius 3 is 2.26 bits per heavy atom. The number of rotatable bonds is 5. The fourth-order valence-electron chi connectivity index (χ4n) is 3.82. The molecule has 1 aromatic rings. The maximum atomic E-state index is 12.8. The van der Waals surface area contributed by atoms with Gasteiger partial charge >= 0.3 is 0 Å². The second-order valence-electron chi connectivity index (χ2n) is 7.41. The van der Waals surface area contributed by atoms with Gasteiger partial charge in [-0.3, -0.25) is 9.69 Å². The van der Waals surface area contributed by atoms with Crippen molar-refractivity contribution in [2.75, 3.05) is 26.2 Å². The zero-order chi connectivity index (χ0) is 19.4. The summed E-state index contributed by atoms with van der Waals surface area (Å²) < 4.78 is 27.9. The van der Waals surface area contributed by atoms with Crippen LogP contribution >= 0.6 is 15.9 Å². The van der Waals surface area contributed by atoms with E-state index in [4.69, 9.17) is 0 Å². The predicted molar refractivity (Wildman–Crippen MR) is 109 cm³/mol. The van der Waals surface area contributed by atoms with Gasteiger partial charge in [-0.15, -0.1) is 0 Å². The van der Waals surface area contributed by atoms with Gasteiger partial charge in [0, 0.05) is 36.7 Å². The molecule has 6 nitrogen and oxygen atoms in total. The monoisotopic (exact) mass is 457 g/mol. The van der Waals surface area contributed by atoms with Gasteiger partial charge in [-0.1, -0.05) is 35.2 Å². The van der Waals surface area contributed by atoms with Crippen molar-refractivity contribution in [2.24, 2.45) is 0 Å². The van der Waals surface area contributed by atoms with Crippen LogP contribution in [-0.4, -0.2) is 61.8 Å². The Hall–Kier alpha value is -0.960. The molecule has 27 heavy (non-hydrogen) atoms. The molecule has 150 valence electrons. The summed E-state index contributed by atoms with van der Waals surface area (Å²) in [5.41, 5.74) is 0. The van der Waals surface area contributed by atoms with Crippen LogP contribution in [0.5, 0.6) is 0 Å². The first-order chi connectivity index (χ1) is 12.9. The van der Waals surface area contributed by atoms with E-state index in [1.807, 2.05) is 6.92 Å². The summed E-state index contributed by atoms with van der Waals surface area (Å²) in [4.78, 5) is 14.9. The molecule has 0 radical (unpaired) electrons. The Balaban J connectivity index is 1.54. The molecule has 2 fully saturated rings. The number of sulfonamides is 1. The van der Waals surface area contributed by atoms with Gasteiger partial charge in [0.1, 0.15) is 0 Å². The number of piperazine rings is 1. The summed E-state index contributed by atoms with van der Waals surface area (Å²) in [5, 5.41) is 3.17. The van der Waals surface area contributed by atoms with Crippen LogP contribution in [0, 0.1) is 0 Å².